The molecular formula is C13H24N2O4S. The van der Waals surface area contributed by atoms with Crippen molar-refractivity contribution in [2.75, 3.05) is 26.2 Å². The van der Waals surface area contributed by atoms with Gasteiger partial charge in [0.15, 0.2) is 0 Å². The van der Waals surface area contributed by atoms with Crippen LogP contribution in [0.2, 0.25) is 0 Å². The summed E-state index contributed by atoms with van der Waals surface area (Å²) in [7, 11) is -3.51. The van der Waals surface area contributed by atoms with Gasteiger partial charge < -0.3 is 5.11 Å². The average Bonchev–Trinajstić information content (AvgIpc) is 2.68. The highest BCUT2D eigenvalue weighted by Gasteiger charge is 2.43. The first kappa shape index (κ1) is 15.7. The maximum Gasteiger partial charge on any atom is 0.310 e. The Hall–Kier alpha value is -0.660. The smallest absolute Gasteiger partial charge is 0.310 e. The Bertz CT molecular complexity index is 457. The maximum atomic E-state index is 12.7. The van der Waals surface area contributed by atoms with Crippen LogP contribution in [0.4, 0.5) is 0 Å². The van der Waals surface area contributed by atoms with Crippen molar-refractivity contribution in [2.24, 2.45) is 5.41 Å². The second-order valence-electron chi connectivity index (χ2n) is 6.12. The van der Waals surface area contributed by atoms with Gasteiger partial charge in [-0.15, -0.1) is 0 Å². The summed E-state index contributed by atoms with van der Waals surface area (Å²) in [5.41, 5.74) is -0.961. The largest absolute Gasteiger partial charge is 0.481 e. The zero-order valence-electron chi connectivity index (χ0n) is 12.0. The van der Waals surface area contributed by atoms with Crippen LogP contribution in [0.1, 0.15) is 45.4 Å². The molecule has 1 atom stereocenters. The molecule has 1 unspecified atom stereocenters. The third kappa shape index (κ3) is 3.15. The van der Waals surface area contributed by atoms with Crippen molar-refractivity contribution in [3.05, 3.63) is 0 Å². The molecule has 6 nitrogen and oxygen atoms in total. The molecule has 0 saturated carbocycles. The van der Waals surface area contributed by atoms with E-state index in [-0.39, 0.29) is 6.54 Å². The van der Waals surface area contributed by atoms with Gasteiger partial charge in [-0.3, -0.25) is 4.79 Å². The van der Waals surface area contributed by atoms with Gasteiger partial charge >= 0.3 is 5.97 Å². The fourth-order valence-electron chi connectivity index (χ4n) is 3.00. The summed E-state index contributed by atoms with van der Waals surface area (Å²) >= 11 is 0. The predicted molar refractivity (Wildman–Crippen MR) is 75.5 cm³/mol. The molecule has 2 aliphatic heterocycles. The van der Waals surface area contributed by atoms with E-state index in [1.807, 2.05) is 0 Å². The van der Waals surface area contributed by atoms with Crippen LogP contribution in [0.25, 0.3) is 0 Å². The highest BCUT2D eigenvalue weighted by atomic mass is 32.2. The first-order chi connectivity index (χ1) is 9.36. The summed E-state index contributed by atoms with van der Waals surface area (Å²) in [4.78, 5) is 11.3. The van der Waals surface area contributed by atoms with Gasteiger partial charge in [0, 0.05) is 26.2 Å². The Morgan fingerprint density at radius 1 is 1.00 bits per heavy atom. The van der Waals surface area contributed by atoms with Gasteiger partial charge in [0.25, 0.3) is 10.2 Å². The van der Waals surface area contributed by atoms with Crippen molar-refractivity contribution in [3.8, 4) is 0 Å². The number of aliphatic carboxylic acids is 1. The first-order valence-corrected chi connectivity index (χ1v) is 8.75. The summed E-state index contributed by atoms with van der Waals surface area (Å²) in [6, 6.07) is 0. The summed E-state index contributed by atoms with van der Waals surface area (Å²) in [5, 5.41) is 9.30. The lowest BCUT2D eigenvalue weighted by Crippen LogP contribution is -2.52. The van der Waals surface area contributed by atoms with Crippen LogP contribution in [0.15, 0.2) is 0 Å². The topological polar surface area (TPSA) is 77.9 Å². The molecule has 0 aliphatic carbocycles. The molecule has 2 heterocycles. The van der Waals surface area contributed by atoms with E-state index in [9.17, 15) is 18.3 Å². The molecule has 0 radical (unpaired) electrons. The SMILES string of the molecule is CC1(C(=O)O)CCCN(S(=O)(=O)N2CCCCCC2)C1. The minimum Gasteiger partial charge on any atom is -0.481 e. The minimum absolute atomic E-state index is 0.0845. The Morgan fingerprint density at radius 3 is 2.10 bits per heavy atom. The molecule has 20 heavy (non-hydrogen) atoms. The van der Waals surface area contributed by atoms with Crippen LogP contribution in [-0.4, -0.2) is 54.3 Å². The Morgan fingerprint density at radius 2 is 1.55 bits per heavy atom. The standard InChI is InChI=1S/C13H24N2O4S/c1-13(12(16)17)7-6-10-15(11-13)20(18,19)14-8-4-2-3-5-9-14/h2-11H2,1H3,(H,16,17). The lowest BCUT2D eigenvalue weighted by molar-refractivity contribution is -0.150. The quantitative estimate of drug-likeness (QED) is 0.852. The molecule has 2 rings (SSSR count). The van der Waals surface area contributed by atoms with E-state index in [2.05, 4.69) is 0 Å². The molecule has 0 aromatic rings. The van der Waals surface area contributed by atoms with Gasteiger partial charge in [0.1, 0.15) is 0 Å². The number of carboxylic acids is 1. The number of hydrogen-bond donors (Lipinski definition) is 1. The lowest BCUT2D eigenvalue weighted by atomic mass is 9.83. The monoisotopic (exact) mass is 304 g/mol. The molecule has 0 amide bonds. The van der Waals surface area contributed by atoms with Crippen molar-refractivity contribution in [1.82, 2.24) is 8.61 Å². The van der Waals surface area contributed by atoms with Crippen LogP contribution in [0.5, 0.6) is 0 Å². The molecule has 0 aromatic carbocycles. The predicted octanol–water partition coefficient (Wildman–Crippen LogP) is 1.29. The molecule has 0 spiro atoms. The van der Waals surface area contributed by atoms with Gasteiger partial charge in [-0.1, -0.05) is 12.8 Å². The Balaban J connectivity index is 2.14. The number of carbonyl (C=O) groups is 1. The van der Waals surface area contributed by atoms with Gasteiger partial charge in [0.2, 0.25) is 0 Å². The highest BCUT2D eigenvalue weighted by molar-refractivity contribution is 7.86. The molecule has 2 aliphatic rings. The number of carboxylic acid groups (broad SMARTS) is 1. The van der Waals surface area contributed by atoms with E-state index < -0.39 is 21.6 Å². The van der Waals surface area contributed by atoms with E-state index in [0.717, 1.165) is 25.7 Å². The van der Waals surface area contributed by atoms with Crippen molar-refractivity contribution in [1.29, 1.82) is 0 Å². The van der Waals surface area contributed by atoms with Gasteiger partial charge in [-0.25, -0.2) is 0 Å². The molecule has 0 bridgehead atoms. The number of piperidine rings is 1. The van der Waals surface area contributed by atoms with Crippen molar-refractivity contribution < 1.29 is 18.3 Å². The van der Waals surface area contributed by atoms with E-state index >= 15 is 0 Å². The van der Waals surface area contributed by atoms with E-state index in [1.165, 1.54) is 8.61 Å². The Kier molecular flexibility index (Phi) is 4.71. The second kappa shape index (κ2) is 5.99. The molecule has 7 heteroatoms. The van der Waals surface area contributed by atoms with Gasteiger partial charge in [0.05, 0.1) is 5.41 Å². The van der Waals surface area contributed by atoms with E-state index in [4.69, 9.17) is 0 Å². The minimum atomic E-state index is -3.51. The van der Waals surface area contributed by atoms with E-state index in [0.29, 0.717) is 32.5 Å². The van der Waals surface area contributed by atoms with E-state index in [1.54, 1.807) is 6.92 Å². The van der Waals surface area contributed by atoms with Crippen LogP contribution in [0, 0.1) is 5.41 Å². The summed E-state index contributed by atoms with van der Waals surface area (Å²) in [6.07, 6.45) is 5.06. The highest BCUT2D eigenvalue weighted by Crippen LogP contribution is 2.32. The summed E-state index contributed by atoms with van der Waals surface area (Å²) < 4.78 is 28.2. The van der Waals surface area contributed by atoms with Crippen molar-refractivity contribution >= 4 is 16.2 Å². The molecule has 116 valence electrons. The summed E-state index contributed by atoms with van der Waals surface area (Å²) in [5.74, 6) is -0.909. The molecule has 0 aromatic heterocycles. The second-order valence-corrected chi connectivity index (χ2v) is 8.05. The Labute approximate surface area is 120 Å². The number of hydrogen-bond acceptors (Lipinski definition) is 3. The molecular weight excluding hydrogens is 280 g/mol. The fraction of sp³-hybridized carbons (Fsp3) is 0.923. The van der Waals surface area contributed by atoms with Crippen molar-refractivity contribution in [3.63, 3.8) is 0 Å². The van der Waals surface area contributed by atoms with Crippen LogP contribution in [-0.2, 0) is 15.0 Å². The zero-order chi connectivity index (χ0) is 14.8. The normalized spacial score (nSPS) is 30.9. The van der Waals surface area contributed by atoms with Crippen LogP contribution >= 0.6 is 0 Å². The first-order valence-electron chi connectivity index (χ1n) is 7.35. The molecule has 2 fully saturated rings. The fourth-order valence-corrected chi connectivity index (χ4v) is 4.85. The maximum absolute atomic E-state index is 12.7. The van der Waals surface area contributed by atoms with Gasteiger partial charge in [-0.2, -0.15) is 17.0 Å². The third-order valence-electron chi connectivity index (χ3n) is 4.40. The summed E-state index contributed by atoms with van der Waals surface area (Å²) in [6.45, 7) is 3.27. The third-order valence-corrected chi connectivity index (χ3v) is 6.38. The van der Waals surface area contributed by atoms with Gasteiger partial charge in [-0.05, 0) is 32.6 Å². The number of nitrogens with zero attached hydrogens (tertiary/aromatic N) is 2. The van der Waals surface area contributed by atoms with Crippen molar-refractivity contribution in [2.45, 2.75) is 45.4 Å². The lowest BCUT2D eigenvalue weighted by Gasteiger charge is -2.38. The molecule has 2 saturated heterocycles. The van der Waals surface area contributed by atoms with Crippen LogP contribution in [0.3, 0.4) is 0 Å². The van der Waals surface area contributed by atoms with Crippen LogP contribution < -0.4 is 0 Å². The average molecular weight is 304 g/mol. The molecule has 1 N–H and O–H groups in total. The zero-order valence-corrected chi connectivity index (χ0v) is 12.9. The number of rotatable bonds is 3.